The Morgan fingerprint density at radius 3 is 2.67 bits per heavy atom. The number of aliphatic hydroxyl groups excluding tert-OH is 1. The van der Waals surface area contributed by atoms with Gasteiger partial charge in [0.05, 0.1) is 11.6 Å². The van der Waals surface area contributed by atoms with Gasteiger partial charge in [0.15, 0.2) is 0 Å². The van der Waals surface area contributed by atoms with Crippen molar-refractivity contribution in [3.05, 3.63) is 28.8 Å². The standard InChI is InChI=1S/C11H16ClNOS/c1-13(2)5-6-15-11-4-3-9(8-14)7-10(11)12/h3-4,7,14H,5-6,8H2,1-2H3. The first-order valence-electron chi connectivity index (χ1n) is 4.80. The highest BCUT2D eigenvalue weighted by Gasteiger charge is 2.02. The quantitative estimate of drug-likeness (QED) is 0.807. The van der Waals surface area contributed by atoms with Crippen molar-refractivity contribution in [3.63, 3.8) is 0 Å². The number of benzene rings is 1. The lowest BCUT2D eigenvalue weighted by molar-refractivity contribution is 0.282. The van der Waals surface area contributed by atoms with Crippen molar-refractivity contribution >= 4 is 23.4 Å². The smallest absolute Gasteiger partial charge is 0.0682 e. The molecule has 0 saturated heterocycles. The van der Waals surface area contributed by atoms with Crippen LogP contribution in [-0.2, 0) is 6.61 Å². The Morgan fingerprint density at radius 2 is 2.13 bits per heavy atom. The lowest BCUT2D eigenvalue weighted by Crippen LogP contribution is -2.14. The summed E-state index contributed by atoms with van der Waals surface area (Å²) in [4.78, 5) is 3.22. The molecule has 0 saturated carbocycles. The van der Waals surface area contributed by atoms with E-state index in [0.29, 0.717) is 0 Å². The van der Waals surface area contributed by atoms with Gasteiger partial charge in [0.2, 0.25) is 0 Å². The minimum Gasteiger partial charge on any atom is -0.392 e. The number of rotatable bonds is 5. The third-order valence-corrected chi connectivity index (χ3v) is 3.45. The summed E-state index contributed by atoms with van der Waals surface area (Å²) in [7, 11) is 4.11. The molecular formula is C11H16ClNOS. The van der Waals surface area contributed by atoms with Crippen LogP contribution < -0.4 is 0 Å². The fourth-order valence-corrected chi connectivity index (χ4v) is 2.50. The second kappa shape index (κ2) is 6.38. The van der Waals surface area contributed by atoms with E-state index in [1.54, 1.807) is 11.8 Å². The molecule has 2 nitrogen and oxygen atoms in total. The van der Waals surface area contributed by atoms with E-state index in [4.69, 9.17) is 16.7 Å². The maximum atomic E-state index is 8.93. The first kappa shape index (κ1) is 12.8. The monoisotopic (exact) mass is 245 g/mol. The van der Waals surface area contributed by atoms with Gasteiger partial charge in [-0.25, -0.2) is 0 Å². The Labute approximate surface area is 100 Å². The topological polar surface area (TPSA) is 23.5 Å². The van der Waals surface area contributed by atoms with Crippen LogP contribution in [0.25, 0.3) is 0 Å². The molecule has 0 aliphatic carbocycles. The molecule has 1 aromatic carbocycles. The van der Waals surface area contributed by atoms with Crippen molar-refractivity contribution < 1.29 is 5.11 Å². The Bertz CT molecular complexity index is 317. The lowest BCUT2D eigenvalue weighted by atomic mass is 10.2. The molecule has 0 bridgehead atoms. The summed E-state index contributed by atoms with van der Waals surface area (Å²) < 4.78 is 0. The molecule has 0 radical (unpaired) electrons. The average Bonchev–Trinajstić information content (AvgIpc) is 2.20. The van der Waals surface area contributed by atoms with Crippen LogP contribution in [0.1, 0.15) is 5.56 Å². The van der Waals surface area contributed by atoms with Crippen molar-refractivity contribution in [3.8, 4) is 0 Å². The minimum absolute atomic E-state index is 0.0440. The fourth-order valence-electron chi connectivity index (χ4n) is 1.10. The molecule has 1 rings (SSSR count). The van der Waals surface area contributed by atoms with Crippen LogP contribution in [0.4, 0.5) is 0 Å². The van der Waals surface area contributed by atoms with E-state index in [0.717, 1.165) is 27.8 Å². The van der Waals surface area contributed by atoms with Gasteiger partial charge in [-0.15, -0.1) is 11.8 Å². The van der Waals surface area contributed by atoms with Gasteiger partial charge in [0.25, 0.3) is 0 Å². The molecular weight excluding hydrogens is 230 g/mol. The highest BCUT2D eigenvalue weighted by atomic mass is 35.5. The van der Waals surface area contributed by atoms with Crippen molar-refractivity contribution in [2.75, 3.05) is 26.4 Å². The molecule has 0 aliphatic rings. The molecule has 0 fully saturated rings. The van der Waals surface area contributed by atoms with Crippen molar-refractivity contribution in [2.24, 2.45) is 0 Å². The van der Waals surface area contributed by atoms with Crippen LogP contribution in [-0.4, -0.2) is 36.4 Å². The first-order chi connectivity index (χ1) is 7.13. The molecule has 0 atom stereocenters. The Morgan fingerprint density at radius 1 is 1.40 bits per heavy atom. The average molecular weight is 246 g/mol. The SMILES string of the molecule is CN(C)CCSc1ccc(CO)cc1Cl. The van der Waals surface area contributed by atoms with Crippen LogP contribution in [0, 0.1) is 0 Å². The van der Waals surface area contributed by atoms with E-state index in [-0.39, 0.29) is 6.61 Å². The molecule has 0 aromatic heterocycles. The van der Waals surface area contributed by atoms with Gasteiger partial charge < -0.3 is 10.0 Å². The summed E-state index contributed by atoms with van der Waals surface area (Å²) in [5, 5.41) is 9.66. The van der Waals surface area contributed by atoms with Crippen LogP contribution >= 0.6 is 23.4 Å². The molecule has 15 heavy (non-hydrogen) atoms. The van der Waals surface area contributed by atoms with Crippen molar-refractivity contribution in [1.29, 1.82) is 0 Å². The molecule has 0 unspecified atom stereocenters. The fraction of sp³-hybridized carbons (Fsp3) is 0.455. The number of aliphatic hydroxyl groups is 1. The maximum absolute atomic E-state index is 8.93. The van der Waals surface area contributed by atoms with Gasteiger partial charge in [0, 0.05) is 17.2 Å². The Kier molecular flexibility index (Phi) is 5.47. The third kappa shape index (κ3) is 4.43. The van der Waals surface area contributed by atoms with Gasteiger partial charge in [-0.2, -0.15) is 0 Å². The van der Waals surface area contributed by atoms with E-state index in [1.165, 1.54) is 0 Å². The number of hydrogen-bond acceptors (Lipinski definition) is 3. The van der Waals surface area contributed by atoms with E-state index in [1.807, 2.05) is 18.2 Å². The van der Waals surface area contributed by atoms with Crippen LogP contribution in [0.15, 0.2) is 23.1 Å². The van der Waals surface area contributed by atoms with Gasteiger partial charge in [-0.05, 0) is 31.8 Å². The van der Waals surface area contributed by atoms with Gasteiger partial charge in [0.1, 0.15) is 0 Å². The van der Waals surface area contributed by atoms with Crippen molar-refractivity contribution in [2.45, 2.75) is 11.5 Å². The number of nitrogens with zero attached hydrogens (tertiary/aromatic N) is 1. The van der Waals surface area contributed by atoms with Crippen LogP contribution in [0.3, 0.4) is 0 Å². The number of halogens is 1. The largest absolute Gasteiger partial charge is 0.392 e. The van der Waals surface area contributed by atoms with Gasteiger partial charge >= 0.3 is 0 Å². The molecule has 0 amide bonds. The van der Waals surface area contributed by atoms with E-state index in [2.05, 4.69) is 19.0 Å². The predicted molar refractivity (Wildman–Crippen MR) is 66.7 cm³/mol. The first-order valence-corrected chi connectivity index (χ1v) is 6.16. The zero-order valence-corrected chi connectivity index (χ0v) is 10.6. The molecule has 1 aromatic rings. The van der Waals surface area contributed by atoms with Crippen LogP contribution in [0.2, 0.25) is 5.02 Å². The summed E-state index contributed by atoms with van der Waals surface area (Å²) in [6.07, 6.45) is 0. The summed E-state index contributed by atoms with van der Waals surface area (Å²) in [6, 6.07) is 5.69. The molecule has 0 spiro atoms. The molecule has 1 N–H and O–H groups in total. The van der Waals surface area contributed by atoms with E-state index < -0.39 is 0 Å². The molecule has 0 heterocycles. The summed E-state index contributed by atoms with van der Waals surface area (Å²) in [5.74, 6) is 1.02. The zero-order chi connectivity index (χ0) is 11.3. The second-order valence-electron chi connectivity index (χ2n) is 3.57. The highest BCUT2D eigenvalue weighted by Crippen LogP contribution is 2.27. The van der Waals surface area contributed by atoms with Crippen LogP contribution in [0.5, 0.6) is 0 Å². The second-order valence-corrected chi connectivity index (χ2v) is 5.12. The Hall–Kier alpha value is -0.220. The molecule has 4 heteroatoms. The van der Waals surface area contributed by atoms with E-state index >= 15 is 0 Å². The predicted octanol–water partition coefficient (Wildman–Crippen LogP) is 2.49. The Balaban J connectivity index is 2.54. The summed E-state index contributed by atoms with van der Waals surface area (Å²) in [6.45, 7) is 1.07. The zero-order valence-electron chi connectivity index (χ0n) is 9.03. The number of hydrogen-bond donors (Lipinski definition) is 1. The summed E-state index contributed by atoms with van der Waals surface area (Å²) in [5.41, 5.74) is 0.858. The molecule has 84 valence electrons. The van der Waals surface area contributed by atoms with E-state index in [9.17, 15) is 0 Å². The maximum Gasteiger partial charge on any atom is 0.0682 e. The highest BCUT2D eigenvalue weighted by molar-refractivity contribution is 7.99. The lowest BCUT2D eigenvalue weighted by Gasteiger charge is -2.09. The molecule has 0 aliphatic heterocycles. The van der Waals surface area contributed by atoms with Gasteiger partial charge in [-0.3, -0.25) is 0 Å². The normalized spacial score (nSPS) is 11.0. The number of thioether (sulfide) groups is 1. The summed E-state index contributed by atoms with van der Waals surface area (Å²) >= 11 is 7.82. The third-order valence-electron chi connectivity index (χ3n) is 1.97. The minimum atomic E-state index is 0.0440. The van der Waals surface area contributed by atoms with Crippen molar-refractivity contribution in [1.82, 2.24) is 4.90 Å². The van der Waals surface area contributed by atoms with Gasteiger partial charge in [-0.1, -0.05) is 17.7 Å².